The third kappa shape index (κ3) is 5.94. The Morgan fingerprint density at radius 3 is 2.26 bits per heavy atom. The lowest BCUT2D eigenvalue weighted by atomic mass is 10.0. The first-order valence-corrected chi connectivity index (χ1v) is 10.1. The zero-order chi connectivity index (χ0) is 22.4. The van der Waals surface area contributed by atoms with Crippen LogP contribution in [0.4, 0.5) is 0 Å². The third-order valence-corrected chi connectivity index (χ3v) is 4.45. The van der Waals surface area contributed by atoms with Crippen LogP contribution in [0.25, 0.3) is 0 Å². The second-order valence-electron chi connectivity index (χ2n) is 8.24. The van der Waals surface area contributed by atoms with Crippen molar-refractivity contribution in [2.75, 3.05) is 0 Å². The Kier molecular flexibility index (Phi) is 6.74. The summed E-state index contributed by atoms with van der Waals surface area (Å²) in [6, 6.07) is 17.3. The summed E-state index contributed by atoms with van der Waals surface area (Å²) in [5.41, 5.74) is 1.28. The van der Waals surface area contributed by atoms with E-state index in [2.05, 4.69) is 15.8 Å². The number of hydrogen-bond acceptors (Lipinski definition) is 5. The first-order valence-electron chi connectivity index (χ1n) is 10.1. The lowest BCUT2D eigenvalue weighted by Crippen LogP contribution is -2.47. The van der Waals surface area contributed by atoms with Gasteiger partial charge in [0.15, 0.2) is 0 Å². The van der Waals surface area contributed by atoms with Gasteiger partial charge in [0.2, 0.25) is 5.91 Å². The summed E-state index contributed by atoms with van der Waals surface area (Å²) >= 11 is 0. The Bertz CT molecular complexity index is 1020. The van der Waals surface area contributed by atoms with Crippen LogP contribution in [0.3, 0.4) is 0 Å². The standard InChI is InChI=1S/C24H27N3O4/c1-16-19(23(27-31-16)30-15-17-11-7-5-8-12-17)20(22(29)26-24(2,3)4)25-21(28)18-13-9-6-10-14-18/h5-14,20H,15H2,1-4H3,(H,25,28)(H,26,29)/t20-/m1/s1. The predicted octanol–water partition coefficient (Wildman–Crippen LogP) is 3.95. The van der Waals surface area contributed by atoms with E-state index in [4.69, 9.17) is 9.26 Å². The van der Waals surface area contributed by atoms with E-state index >= 15 is 0 Å². The van der Waals surface area contributed by atoms with E-state index in [0.29, 0.717) is 16.9 Å². The van der Waals surface area contributed by atoms with Gasteiger partial charge in [-0.2, -0.15) is 0 Å². The topological polar surface area (TPSA) is 93.5 Å². The van der Waals surface area contributed by atoms with E-state index in [9.17, 15) is 9.59 Å². The fourth-order valence-electron chi connectivity index (χ4n) is 3.03. The molecule has 0 unspecified atom stereocenters. The maximum Gasteiger partial charge on any atom is 0.260 e. The van der Waals surface area contributed by atoms with Crippen molar-refractivity contribution in [2.24, 2.45) is 0 Å². The molecule has 2 aromatic carbocycles. The number of carbonyl (C=O) groups is 2. The van der Waals surface area contributed by atoms with Gasteiger partial charge in [0.1, 0.15) is 18.4 Å². The second-order valence-corrected chi connectivity index (χ2v) is 8.24. The summed E-state index contributed by atoms with van der Waals surface area (Å²) < 4.78 is 11.2. The fraction of sp³-hybridized carbons (Fsp3) is 0.292. The highest BCUT2D eigenvalue weighted by Crippen LogP contribution is 2.30. The minimum absolute atomic E-state index is 0.170. The van der Waals surface area contributed by atoms with E-state index < -0.39 is 11.6 Å². The summed E-state index contributed by atoms with van der Waals surface area (Å²) in [4.78, 5) is 26.0. The molecule has 0 fully saturated rings. The number of nitrogens with one attached hydrogen (secondary N) is 2. The molecule has 1 atom stereocenters. The Morgan fingerprint density at radius 2 is 1.65 bits per heavy atom. The molecule has 1 aromatic heterocycles. The summed E-state index contributed by atoms with van der Waals surface area (Å²) in [7, 11) is 0. The summed E-state index contributed by atoms with van der Waals surface area (Å²) in [6.07, 6.45) is 0. The van der Waals surface area contributed by atoms with E-state index in [0.717, 1.165) is 5.56 Å². The van der Waals surface area contributed by atoms with E-state index in [1.807, 2.05) is 57.2 Å². The first kappa shape index (κ1) is 22.1. The number of rotatable bonds is 7. The van der Waals surface area contributed by atoms with E-state index in [1.54, 1.807) is 31.2 Å². The van der Waals surface area contributed by atoms with Gasteiger partial charge in [-0.3, -0.25) is 9.59 Å². The molecule has 0 aliphatic heterocycles. The average molecular weight is 421 g/mol. The molecule has 7 nitrogen and oxygen atoms in total. The van der Waals surface area contributed by atoms with Crippen molar-refractivity contribution >= 4 is 11.8 Å². The molecule has 0 radical (unpaired) electrons. The van der Waals surface area contributed by atoms with Crippen molar-refractivity contribution < 1.29 is 18.8 Å². The largest absolute Gasteiger partial charge is 0.470 e. The fourth-order valence-corrected chi connectivity index (χ4v) is 3.03. The SMILES string of the molecule is Cc1onc(OCc2ccccc2)c1[C@@H](NC(=O)c1ccccc1)C(=O)NC(C)(C)C. The maximum atomic E-state index is 13.2. The predicted molar refractivity (Wildman–Crippen MR) is 117 cm³/mol. The van der Waals surface area contributed by atoms with Gasteiger partial charge in [0.05, 0.1) is 5.56 Å². The molecule has 3 rings (SSSR count). The minimum Gasteiger partial charge on any atom is -0.470 e. The van der Waals surface area contributed by atoms with Crippen LogP contribution in [0, 0.1) is 6.92 Å². The Hall–Kier alpha value is -3.61. The molecule has 0 spiro atoms. The van der Waals surface area contributed by atoms with Gasteiger partial charge in [-0.25, -0.2) is 0 Å². The van der Waals surface area contributed by atoms with Gasteiger partial charge in [0.25, 0.3) is 11.8 Å². The van der Waals surface area contributed by atoms with Crippen LogP contribution in [-0.2, 0) is 11.4 Å². The van der Waals surface area contributed by atoms with Crippen LogP contribution in [0.15, 0.2) is 65.2 Å². The third-order valence-electron chi connectivity index (χ3n) is 4.45. The van der Waals surface area contributed by atoms with Crippen LogP contribution < -0.4 is 15.4 Å². The van der Waals surface area contributed by atoms with Crippen molar-refractivity contribution in [1.82, 2.24) is 15.8 Å². The summed E-state index contributed by atoms with van der Waals surface area (Å²) in [5.74, 6) is -0.203. The van der Waals surface area contributed by atoms with Crippen LogP contribution >= 0.6 is 0 Å². The smallest absolute Gasteiger partial charge is 0.260 e. The summed E-state index contributed by atoms with van der Waals surface area (Å²) in [5, 5.41) is 9.70. The molecule has 0 bridgehead atoms. The zero-order valence-electron chi connectivity index (χ0n) is 18.1. The van der Waals surface area contributed by atoms with Gasteiger partial charge < -0.3 is 19.9 Å². The van der Waals surface area contributed by atoms with Crippen LogP contribution in [0.1, 0.15) is 54.1 Å². The van der Waals surface area contributed by atoms with Crippen LogP contribution in [0.5, 0.6) is 5.88 Å². The highest BCUT2D eigenvalue weighted by molar-refractivity contribution is 5.98. The first-order chi connectivity index (χ1) is 14.7. The van der Waals surface area contributed by atoms with Crippen LogP contribution in [-0.4, -0.2) is 22.5 Å². The monoisotopic (exact) mass is 421 g/mol. The second kappa shape index (κ2) is 9.47. The van der Waals surface area contributed by atoms with Gasteiger partial charge in [-0.05, 0) is 50.5 Å². The molecule has 162 valence electrons. The molecule has 0 aliphatic rings. The molecule has 1 heterocycles. The molecule has 0 saturated carbocycles. The van der Waals surface area contributed by atoms with Gasteiger partial charge in [-0.15, -0.1) is 0 Å². The average Bonchev–Trinajstić information content (AvgIpc) is 3.10. The number of nitrogens with zero attached hydrogens (tertiary/aromatic N) is 1. The van der Waals surface area contributed by atoms with Gasteiger partial charge in [0, 0.05) is 11.1 Å². The minimum atomic E-state index is -1.04. The Morgan fingerprint density at radius 1 is 1.03 bits per heavy atom. The Balaban J connectivity index is 1.90. The zero-order valence-corrected chi connectivity index (χ0v) is 18.1. The Labute approximate surface area is 181 Å². The molecule has 2 N–H and O–H groups in total. The number of aromatic nitrogens is 1. The molecular weight excluding hydrogens is 394 g/mol. The van der Waals surface area contributed by atoms with Crippen molar-refractivity contribution in [3.8, 4) is 5.88 Å². The van der Waals surface area contributed by atoms with Gasteiger partial charge in [-0.1, -0.05) is 48.5 Å². The molecule has 7 heteroatoms. The quantitative estimate of drug-likeness (QED) is 0.603. The normalized spacial score (nSPS) is 12.1. The lowest BCUT2D eigenvalue weighted by Gasteiger charge is -2.25. The summed E-state index contributed by atoms with van der Waals surface area (Å²) in [6.45, 7) is 7.54. The number of hydrogen-bond donors (Lipinski definition) is 2. The highest BCUT2D eigenvalue weighted by atomic mass is 16.5. The molecule has 0 aliphatic carbocycles. The molecular formula is C24H27N3O4. The molecule has 31 heavy (non-hydrogen) atoms. The lowest BCUT2D eigenvalue weighted by molar-refractivity contribution is -0.124. The van der Waals surface area contributed by atoms with E-state index in [1.165, 1.54) is 0 Å². The number of ether oxygens (including phenoxy) is 1. The van der Waals surface area contributed by atoms with E-state index in [-0.39, 0.29) is 24.3 Å². The molecule has 2 amide bonds. The number of aryl methyl sites for hydroxylation is 1. The van der Waals surface area contributed by atoms with Crippen LogP contribution in [0.2, 0.25) is 0 Å². The highest BCUT2D eigenvalue weighted by Gasteiger charge is 2.33. The van der Waals surface area contributed by atoms with Gasteiger partial charge >= 0.3 is 0 Å². The van der Waals surface area contributed by atoms with Crippen molar-refractivity contribution in [3.05, 3.63) is 83.1 Å². The number of benzene rings is 2. The van der Waals surface area contributed by atoms with Crippen molar-refractivity contribution in [2.45, 2.75) is 45.9 Å². The van der Waals surface area contributed by atoms with Crippen molar-refractivity contribution in [1.29, 1.82) is 0 Å². The maximum absolute atomic E-state index is 13.2. The number of carbonyl (C=O) groups excluding carboxylic acids is 2. The number of amides is 2. The van der Waals surface area contributed by atoms with Crippen molar-refractivity contribution in [3.63, 3.8) is 0 Å². The molecule has 0 saturated heterocycles. The molecule has 3 aromatic rings.